The number of carbonyl (C=O) groups is 1. The lowest BCUT2D eigenvalue weighted by atomic mass is 9.78. The maximum absolute atomic E-state index is 12.9. The minimum absolute atomic E-state index is 0.0723. The van der Waals surface area contributed by atoms with Gasteiger partial charge in [0.05, 0.1) is 6.04 Å². The van der Waals surface area contributed by atoms with Crippen molar-refractivity contribution in [1.82, 2.24) is 5.32 Å². The van der Waals surface area contributed by atoms with Crippen LogP contribution < -0.4 is 10.1 Å². The van der Waals surface area contributed by atoms with Crippen LogP contribution in [-0.2, 0) is 12.0 Å². The molecule has 1 N–H and O–H groups in total. The molecular weight excluding hydrogens is 470 g/mol. The third-order valence-corrected chi connectivity index (χ3v) is 7.57. The first-order chi connectivity index (χ1) is 18.3. The van der Waals surface area contributed by atoms with Gasteiger partial charge in [0.25, 0.3) is 5.91 Å². The van der Waals surface area contributed by atoms with Crippen LogP contribution in [0.4, 0.5) is 0 Å². The summed E-state index contributed by atoms with van der Waals surface area (Å²) in [6, 6.07) is 30.6. The van der Waals surface area contributed by atoms with Crippen molar-refractivity contribution in [2.45, 2.75) is 71.4 Å². The van der Waals surface area contributed by atoms with E-state index in [0.29, 0.717) is 17.4 Å². The first-order valence-electron chi connectivity index (χ1n) is 13.6. The predicted molar refractivity (Wildman–Crippen MR) is 154 cm³/mol. The maximum Gasteiger partial charge on any atom is 0.287 e. The lowest BCUT2D eigenvalue weighted by Crippen LogP contribution is -2.27. The van der Waals surface area contributed by atoms with Gasteiger partial charge in [-0.15, -0.1) is 0 Å². The molecule has 1 amide bonds. The summed E-state index contributed by atoms with van der Waals surface area (Å²) >= 11 is 0. The van der Waals surface area contributed by atoms with Gasteiger partial charge >= 0.3 is 0 Å². The molecule has 0 aliphatic heterocycles. The molecule has 4 heteroatoms. The highest BCUT2D eigenvalue weighted by atomic mass is 16.5. The van der Waals surface area contributed by atoms with E-state index in [9.17, 15) is 4.79 Å². The first kappa shape index (κ1) is 27.3. The lowest BCUT2D eigenvalue weighted by Gasteiger charge is -2.26. The fraction of sp³-hybridized carbons (Fsp3) is 0.324. The van der Waals surface area contributed by atoms with E-state index in [4.69, 9.17) is 9.15 Å². The van der Waals surface area contributed by atoms with Crippen molar-refractivity contribution < 1.29 is 13.9 Å². The molecule has 4 aromatic rings. The van der Waals surface area contributed by atoms with E-state index in [-0.39, 0.29) is 24.0 Å². The highest BCUT2D eigenvalue weighted by Gasteiger charge is 2.23. The zero-order chi connectivity index (χ0) is 27.1. The summed E-state index contributed by atoms with van der Waals surface area (Å²) in [4.78, 5) is 12.9. The van der Waals surface area contributed by atoms with Gasteiger partial charge in [0.1, 0.15) is 18.1 Å². The van der Waals surface area contributed by atoms with Crippen LogP contribution in [0.2, 0.25) is 0 Å². The number of nitrogens with one attached hydrogen (secondary N) is 1. The van der Waals surface area contributed by atoms with Gasteiger partial charge in [-0.1, -0.05) is 101 Å². The summed E-state index contributed by atoms with van der Waals surface area (Å²) in [5, 5.41) is 3.11. The van der Waals surface area contributed by atoms with Crippen molar-refractivity contribution in [3.63, 3.8) is 0 Å². The Balaban J connectivity index is 1.34. The molecular formula is C34H39NO3. The molecule has 0 saturated carbocycles. The van der Waals surface area contributed by atoms with Gasteiger partial charge in [-0.05, 0) is 65.3 Å². The summed E-state index contributed by atoms with van der Waals surface area (Å²) in [5.74, 6) is 1.96. The van der Waals surface area contributed by atoms with Crippen LogP contribution in [0.1, 0.15) is 98.0 Å². The van der Waals surface area contributed by atoms with Gasteiger partial charge in [0, 0.05) is 5.41 Å². The first-order valence-corrected chi connectivity index (χ1v) is 13.6. The number of furan rings is 1. The zero-order valence-electron chi connectivity index (χ0n) is 23.2. The van der Waals surface area contributed by atoms with Crippen LogP contribution in [0.25, 0.3) is 0 Å². The topological polar surface area (TPSA) is 51.5 Å². The number of hydrogen-bond acceptors (Lipinski definition) is 3. The van der Waals surface area contributed by atoms with E-state index >= 15 is 0 Å². The number of hydrogen-bond donors (Lipinski definition) is 1. The second kappa shape index (κ2) is 12.2. The van der Waals surface area contributed by atoms with Gasteiger partial charge in [-0.2, -0.15) is 0 Å². The third kappa shape index (κ3) is 6.36. The van der Waals surface area contributed by atoms with E-state index in [0.717, 1.165) is 24.2 Å². The minimum atomic E-state index is -0.221. The van der Waals surface area contributed by atoms with Crippen LogP contribution in [0, 0.1) is 0 Å². The van der Waals surface area contributed by atoms with E-state index in [1.165, 1.54) is 16.7 Å². The molecule has 4 rings (SSSR count). The second-order valence-electron chi connectivity index (χ2n) is 10.5. The Kier molecular flexibility index (Phi) is 8.73. The quantitative estimate of drug-likeness (QED) is 0.220. The molecule has 4 nitrogen and oxygen atoms in total. The molecule has 0 aliphatic carbocycles. The fourth-order valence-corrected chi connectivity index (χ4v) is 4.66. The molecule has 1 aromatic heterocycles. The van der Waals surface area contributed by atoms with E-state index in [1.54, 1.807) is 12.1 Å². The Morgan fingerprint density at radius 3 is 2.08 bits per heavy atom. The van der Waals surface area contributed by atoms with Crippen molar-refractivity contribution in [3.05, 3.63) is 125 Å². The Hall–Kier alpha value is -3.79. The molecule has 0 bridgehead atoms. The van der Waals surface area contributed by atoms with Crippen molar-refractivity contribution in [1.29, 1.82) is 0 Å². The Morgan fingerprint density at radius 2 is 1.45 bits per heavy atom. The van der Waals surface area contributed by atoms with Crippen LogP contribution in [0.3, 0.4) is 0 Å². The number of benzene rings is 3. The highest BCUT2D eigenvalue weighted by Crippen LogP contribution is 2.32. The molecule has 198 valence electrons. The average molecular weight is 510 g/mol. The number of carbonyl (C=O) groups excluding carboxylic acids is 1. The number of rotatable bonds is 11. The molecule has 0 spiro atoms. The van der Waals surface area contributed by atoms with Crippen LogP contribution >= 0.6 is 0 Å². The summed E-state index contributed by atoms with van der Waals surface area (Å²) < 4.78 is 11.8. The predicted octanol–water partition coefficient (Wildman–Crippen LogP) is 8.58. The van der Waals surface area contributed by atoms with E-state index in [1.807, 2.05) is 18.2 Å². The van der Waals surface area contributed by atoms with Gasteiger partial charge in [-0.25, -0.2) is 0 Å². The zero-order valence-corrected chi connectivity index (χ0v) is 23.2. The molecule has 0 radical (unpaired) electrons. The Morgan fingerprint density at radius 1 is 0.816 bits per heavy atom. The van der Waals surface area contributed by atoms with Crippen LogP contribution in [0.5, 0.6) is 5.75 Å². The largest absolute Gasteiger partial charge is 0.486 e. The van der Waals surface area contributed by atoms with Gasteiger partial charge < -0.3 is 14.5 Å². The molecule has 0 saturated heterocycles. The average Bonchev–Trinajstić information content (AvgIpc) is 3.44. The van der Waals surface area contributed by atoms with Crippen molar-refractivity contribution >= 4 is 5.91 Å². The molecule has 2 unspecified atom stereocenters. The standard InChI is InChI=1S/C34H39NO3/c1-6-24(3)25-13-15-26(16-14-25)31(7-2)35-33(36)32-22-21-30(38-32)23-37-29-19-17-28(18-20-29)34(4,5)27-11-9-8-10-12-27/h8-22,24,31H,6-7,23H2,1-5H3,(H,35,36). The fourth-order valence-electron chi connectivity index (χ4n) is 4.66. The summed E-state index contributed by atoms with van der Waals surface area (Å²) in [6.45, 7) is 11.2. The molecule has 2 atom stereocenters. The Bertz CT molecular complexity index is 1300. The minimum Gasteiger partial charge on any atom is -0.486 e. The van der Waals surface area contributed by atoms with Crippen LogP contribution in [0.15, 0.2) is 95.4 Å². The smallest absolute Gasteiger partial charge is 0.287 e. The van der Waals surface area contributed by atoms with Gasteiger partial charge in [0.2, 0.25) is 0 Å². The summed E-state index contributed by atoms with van der Waals surface area (Å²) in [5.41, 5.74) is 4.80. The van der Waals surface area contributed by atoms with Crippen molar-refractivity contribution in [2.75, 3.05) is 0 Å². The SMILES string of the molecule is CCC(C)c1ccc(C(CC)NC(=O)c2ccc(COc3ccc(C(C)(C)c4ccccc4)cc3)o2)cc1. The van der Waals surface area contributed by atoms with Crippen LogP contribution in [-0.4, -0.2) is 5.91 Å². The highest BCUT2D eigenvalue weighted by molar-refractivity contribution is 5.91. The summed E-state index contributed by atoms with van der Waals surface area (Å²) in [7, 11) is 0. The van der Waals surface area contributed by atoms with Gasteiger partial charge in [-0.3, -0.25) is 4.79 Å². The van der Waals surface area contributed by atoms with Crippen molar-refractivity contribution in [2.24, 2.45) is 0 Å². The van der Waals surface area contributed by atoms with Gasteiger partial charge in [0.15, 0.2) is 5.76 Å². The molecule has 0 fully saturated rings. The molecule has 1 heterocycles. The third-order valence-electron chi connectivity index (χ3n) is 7.57. The summed E-state index contributed by atoms with van der Waals surface area (Å²) in [6.07, 6.45) is 1.90. The number of amides is 1. The van der Waals surface area contributed by atoms with E-state index in [2.05, 4.69) is 101 Å². The monoisotopic (exact) mass is 509 g/mol. The lowest BCUT2D eigenvalue weighted by molar-refractivity contribution is 0.0903. The maximum atomic E-state index is 12.9. The normalized spacial score (nSPS) is 13.1. The van der Waals surface area contributed by atoms with Crippen molar-refractivity contribution in [3.8, 4) is 5.75 Å². The molecule has 38 heavy (non-hydrogen) atoms. The number of ether oxygens (including phenoxy) is 1. The molecule has 0 aliphatic rings. The Labute approximate surface area is 227 Å². The van der Waals surface area contributed by atoms with E-state index < -0.39 is 0 Å². The molecule has 3 aromatic carbocycles. The second-order valence-corrected chi connectivity index (χ2v) is 10.5.